The van der Waals surface area contributed by atoms with E-state index in [1.807, 2.05) is 42.5 Å². The van der Waals surface area contributed by atoms with Gasteiger partial charge in [-0.25, -0.2) is 0 Å². The maximum Gasteiger partial charge on any atom is 0.145 e. The average molecular weight is 316 g/mol. The van der Waals surface area contributed by atoms with Gasteiger partial charge in [-0.2, -0.15) is 5.26 Å². The third kappa shape index (κ3) is 3.36. The van der Waals surface area contributed by atoms with Gasteiger partial charge in [0.05, 0.1) is 5.56 Å². The summed E-state index contributed by atoms with van der Waals surface area (Å²) in [7, 11) is 0. The lowest BCUT2D eigenvalue weighted by Crippen LogP contribution is -1.90. The van der Waals surface area contributed by atoms with Crippen molar-refractivity contribution in [3.63, 3.8) is 0 Å². The lowest BCUT2D eigenvalue weighted by atomic mass is 10.1. The van der Waals surface area contributed by atoms with Crippen molar-refractivity contribution >= 4 is 15.9 Å². The molecule has 96 valence electrons. The first-order valence-corrected chi connectivity index (χ1v) is 7.24. The van der Waals surface area contributed by atoms with E-state index in [4.69, 9.17) is 10.00 Å². The minimum absolute atomic E-state index is 0.552. The number of alkyl halides is 1. The van der Waals surface area contributed by atoms with Gasteiger partial charge >= 0.3 is 0 Å². The van der Waals surface area contributed by atoms with E-state index >= 15 is 0 Å². The number of hydrogen-bond acceptors (Lipinski definition) is 2. The zero-order valence-electron chi connectivity index (χ0n) is 10.7. The van der Waals surface area contributed by atoms with Gasteiger partial charge in [0.25, 0.3) is 0 Å². The predicted octanol–water partition coefficient (Wildman–Crippen LogP) is 4.81. The zero-order valence-corrected chi connectivity index (χ0v) is 12.3. The van der Waals surface area contributed by atoms with E-state index in [0.29, 0.717) is 11.3 Å². The normalized spacial score (nSPS) is 9.95. The standard InChI is InChI=1S/C16H14BrNO/c1-2-12-3-6-15(7-4-12)19-16-8-5-13(10-17)9-14(16)11-18/h3-9H,2,10H2,1H3. The highest BCUT2D eigenvalue weighted by Gasteiger charge is 2.06. The third-order valence-corrected chi connectivity index (χ3v) is 3.53. The highest BCUT2D eigenvalue weighted by molar-refractivity contribution is 9.08. The van der Waals surface area contributed by atoms with E-state index < -0.39 is 0 Å². The Morgan fingerprint density at radius 1 is 1.11 bits per heavy atom. The van der Waals surface area contributed by atoms with Gasteiger partial charge in [-0.05, 0) is 41.8 Å². The fourth-order valence-corrected chi connectivity index (χ4v) is 2.11. The van der Waals surface area contributed by atoms with Crippen LogP contribution in [0.5, 0.6) is 11.5 Å². The minimum Gasteiger partial charge on any atom is -0.456 e. The fourth-order valence-electron chi connectivity index (χ4n) is 1.76. The fraction of sp³-hybridized carbons (Fsp3) is 0.188. The van der Waals surface area contributed by atoms with Gasteiger partial charge in [-0.15, -0.1) is 0 Å². The number of benzene rings is 2. The van der Waals surface area contributed by atoms with Crippen molar-refractivity contribution in [3.05, 3.63) is 59.2 Å². The first kappa shape index (κ1) is 13.6. The zero-order chi connectivity index (χ0) is 13.7. The number of halogens is 1. The quantitative estimate of drug-likeness (QED) is 0.759. The van der Waals surface area contributed by atoms with Gasteiger partial charge in [-0.3, -0.25) is 0 Å². The second-order valence-corrected chi connectivity index (χ2v) is 4.74. The molecule has 0 aliphatic heterocycles. The largest absolute Gasteiger partial charge is 0.456 e. The topological polar surface area (TPSA) is 33.0 Å². The Labute approximate surface area is 121 Å². The van der Waals surface area contributed by atoms with Crippen molar-refractivity contribution < 1.29 is 4.74 Å². The molecule has 19 heavy (non-hydrogen) atoms. The van der Waals surface area contributed by atoms with E-state index in [-0.39, 0.29) is 0 Å². The molecular weight excluding hydrogens is 302 g/mol. The molecule has 0 aliphatic carbocycles. The molecule has 0 fully saturated rings. The Balaban J connectivity index is 2.25. The molecule has 0 spiro atoms. The molecule has 0 bridgehead atoms. The summed E-state index contributed by atoms with van der Waals surface area (Å²) in [6.07, 6.45) is 1.00. The van der Waals surface area contributed by atoms with Crippen molar-refractivity contribution in [1.82, 2.24) is 0 Å². The van der Waals surface area contributed by atoms with E-state index in [9.17, 15) is 0 Å². The summed E-state index contributed by atoms with van der Waals surface area (Å²) in [5, 5.41) is 9.88. The van der Waals surface area contributed by atoms with E-state index in [1.54, 1.807) is 0 Å². The van der Waals surface area contributed by atoms with Crippen molar-refractivity contribution in [2.24, 2.45) is 0 Å². The second-order valence-electron chi connectivity index (χ2n) is 4.18. The number of aryl methyl sites for hydroxylation is 1. The Bertz CT molecular complexity index is 599. The van der Waals surface area contributed by atoms with Crippen LogP contribution in [0.15, 0.2) is 42.5 Å². The van der Waals surface area contributed by atoms with Crippen LogP contribution in [0.1, 0.15) is 23.6 Å². The molecule has 0 radical (unpaired) electrons. The van der Waals surface area contributed by atoms with Crippen LogP contribution >= 0.6 is 15.9 Å². The number of nitriles is 1. The van der Waals surface area contributed by atoms with Gasteiger partial charge in [0.2, 0.25) is 0 Å². The van der Waals surface area contributed by atoms with Crippen LogP contribution in [0, 0.1) is 11.3 Å². The summed E-state index contributed by atoms with van der Waals surface area (Å²) >= 11 is 3.38. The Morgan fingerprint density at radius 3 is 2.37 bits per heavy atom. The third-order valence-electron chi connectivity index (χ3n) is 2.88. The lowest BCUT2D eigenvalue weighted by Gasteiger charge is -2.09. The van der Waals surface area contributed by atoms with Crippen LogP contribution in [0.3, 0.4) is 0 Å². The molecule has 0 aliphatic rings. The second kappa shape index (κ2) is 6.40. The predicted molar refractivity (Wildman–Crippen MR) is 79.7 cm³/mol. The Morgan fingerprint density at radius 2 is 1.79 bits per heavy atom. The maximum atomic E-state index is 9.15. The smallest absolute Gasteiger partial charge is 0.145 e. The number of hydrogen-bond donors (Lipinski definition) is 0. The number of ether oxygens (including phenoxy) is 1. The van der Waals surface area contributed by atoms with Crippen LogP contribution in [-0.4, -0.2) is 0 Å². The molecule has 2 aromatic carbocycles. The van der Waals surface area contributed by atoms with Gasteiger partial charge < -0.3 is 4.74 Å². The molecule has 0 N–H and O–H groups in total. The molecule has 0 amide bonds. The summed E-state index contributed by atoms with van der Waals surface area (Å²) in [5.74, 6) is 1.34. The molecule has 2 rings (SSSR count). The van der Waals surface area contributed by atoms with E-state index in [0.717, 1.165) is 23.1 Å². The van der Waals surface area contributed by atoms with Crippen LogP contribution < -0.4 is 4.74 Å². The summed E-state index contributed by atoms with van der Waals surface area (Å²) in [5.41, 5.74) is 2.88. The van der Waals surface area contributed by atoms with E-state index in [1.165, 1.54) is 5.56 Å². The number of nitrogens with zero attached hydrogens (tertiary/aromatic N) is 1. The van der Waals surface area contributed by atoms with Gasteiger partial charge in [0.15, 0.2) is 0 Å². The van der Waals surface area contributed by atoms with Gasteiger partial charge in [0.1, 0.15) is 17.6 Å². The molecule has 0 atom stereocenters. The number of rotatable bonds is 4. The first-order chi connectivity index (χ1) is 9.26. The van der Waals surface area contributed by atoms with Crippen molar-refractivity contribution in [2.45, 2.75) is 18.7 Å². The monoisotopic (exact) mass is 315 g/mol. The summed E-state index contributed by atoms with van der Waals surface area (Å²) in [6.45, 7) is 2.11. The molecule has 0 heterocycles. The van der Waals surface area contributed by atoms with Crippen LogP contribution in [0.4, 0.5) is 0 Å². The maximum absolute atomic E-state index is 9.15. The Kier molecular flexibility index (Phi) is 4.59. The minimum atomic E-state index is 0.552. The van der Waals surface area contributed by atoms with Gasteiger partial charge in [-0.1, -0.05) is 41.1 Å². The van der Waals surface area contributed by atoms with Crippen LogP contribution in [-0.2, 0) is 11.8 Å². The summed E-state index contributed by atoms with van der Waals surface area (Å²) in [6, 6.07) is 15.7. The molecule has 0 aromatic heterocycles. The Hall–Kier alpha value is -1.79. The van der Waals surface area contributed by atoms with Crippen LogP contribution in [0.25, 0.3) is 0 Å². The SMILES string of the molecule is CCc1ccc(Oc2ccc(CBr)cc2C#N)cc1. The van der Waals surface area contributed by atoms with Crippen LogP contribution in [0.2, 0.25) is 0 Å². The van der Waals surface area contributed by atoms with Gasteiger partial charge in [0, 0.05) is 5.33 Å². The highest BCUT2D eigenvalue weighted by atomic mass is 79.9. The molecule has 0 saturated heterocycles. The highest BCUT2D eigenvalue weighted by Crippen LogP contribution is 2.26. The van der Waals surface area contributed by atoms with Crippen molar-refractivity contribution in [1.29, 1.82) is 5.26 Å². The van der Waals surface area contributed by atoms with E-state index in [2.05, 4.69) is 28.9 Å². The van der Waals surface area contributed by atoms with Crippen molar-refractivity contribution in [3.8, 4) is 17.6 Å². The molecule has 2 nitrogen and oxygen atoms in total. The molecule has 0 unspecified atom stereocenters. The molecular formula is C16H14BrNO. The lowest BCUT2D eigenvalue weighted by molar-refractivity contribution is 0.480. The molecule has 0 saturated carbocycles. The summed E-state index contributed by atoms with van der Waals surface area (Å²) < 4.78 is 5.76. The summed E-state index contributed by atoms with van der Waals surface area (Å²) in [4.78, 5) is 0. The molecule has 3 heteroatoms. The van der Waals surface area contributed by atoms with Crippen molar-refractivity contribution in [2.75, 3.05) is 0 Å². The molecule has 2 aromatic rings. The average Bonchev–Trinajstić information content (AvgIpc) is 2.48. The first-order valence-electron chi connectivity index (χ1n) is 6.12.